The Balaban J connectivity index is 0. The van der Waals surface area contributed by atoms with Gasteiger partial charge >= 0.3 is 0 Å². The normalized spacial score (nSPS) is 10.3. The van der Waals surface area contributed by atoms with Crippen molar-refractivity contribution in [2.24, 2.45) is 17.5 Å². The summed E-state index contributed by atoms with van der Waals surface area (Å²) < 4.78 is 0. The van der Waals surface area contributed by atoms with Crippen molar-refractivity contribution in [3.63, 3.8) is 0 Å². The van der Waals surface area contributed by atoms with Crippen LogP contribution in [-0.4, -0.2) is 30.3 Å². The maximum absolute atomic E-state index is 5.14. The summed E-state index contributed by atoms with van der Waals surface area (Å²) in [5.41, 5.74) is 2.45. The number of nitrogens with two attached hydrogens (primary N) is 3. The number of hydrogen-bond donors (Lipinski definition) is 4. The minimum absolute atomic E-state index is 0.799. The van der Waals surface area contributed by atoms with Crippen LogP contribution in [-0.2, 0) is 0 Å². The first kappa shape index (κ1) is 16.2. The van der Waals surface area contributed by atoms with E-state index in [9.17, 15) is 0 Å². The first-order chi connectivity index (χ1) is 6.58. The van der Waals surface area contributed by atoms with E-state index in [1.807, 2.05) is 14.0 Å². The predicted octanol–water partition coefficient (Wildman–Crippen LogP) is -0.458. The molecule has 0 aromatic rings. The van der Waals surface area contributed by atoms with Gasteiger partial charge in [0.1, 0.15) is 0 Å². The van der Waals surface area contributed by atoms with E-state index in [0.717, 1.165) is 19.5 Å². The van der Waals surface area contributed by atoms with E-state index in [0.29, 0.717) is 0 Å². The number of unbranched alkanes of at least 4 members (excludes halogenated alkanes) is 2. The van der Waals surface area contributed by atoms with E-state index >= 15 is 0 Å². The number of hydrazine groups is 4. The molecule has 0 amide bonds. The van der Waals surface area contributed by atoms with Gasteiger partial charge in [0.05, 0.1) is 0 Å². The quantitative estimate of drug-likeness (QED) is 0.267. The molecule has 7 N–H and O–H groups in total. The Bertz CT molecular complexity index is 93.8. The maximum atomic E-state index is 5.14. The monoisotopic (exact) mass is 206 g/mol. The number of hydrogen-bond acceptors (Lipinski definition) is 6. The lowest BCUT2D eigenvalue weighted by Gasteiger charge is -2.08. The molecule has 0 aliphatic heterocycles. The minimum atomic E-state index is 0.799. The molecular weight excluding hydrogens is 180 g/mol. The summed E-state index contributed by atoms with van der Waals surface area (Å²) in [4.78, 5) is 0. The van der Waals surface area contributed by atoms with Gasteiger partial charge in [-0.1, -0.05) is 26.7 Å². The van der Waals surface area contributed by atoms with Crippen LogP contribution in [0.25, 0.3) is 0 Å². The average Bonchev–Trinajstić information content (AvgIpc) is 2.17. The second-order valence-electron chi connectivity index (χ2n) is 3.09. The first-order valence-electron chi connectivity index (χ1n) is 5.02. The Hall–Kier alpha value is -0.240. The fourth-order valence-electron chi connectivity index (χ4n) is 0.636. The van der Waals surface area contributed by atoms with E-state index in [1.165, 1.54) is 18.0 Å². The van der Waals surface area contributed by atoms with Gasteiger partial charge in [0.2, 0.25) is 0 Å². The van der Waals surface area contributed by atoms with Gasteiger partial charge in [-0.2, -0.15) is 10.7 Å². The largest absolute Gasteiger partial charge is 0.258 e. The molecule has 0 aliphatic carbocycles. The van der Waals surface area contributed by atoms with E-state index in [-0.39, 0.29) is 0 Å². The van der Waals surface area contributed by atoms with Crippen LogP contribution in [0.15, 0.2) is 0 Å². The lowest BCUT2D eigenvalue weighted by atomic mass is 10.2. The first-order valence-corrected chi connectivity index (χ1v) is 5.02. The highest BCUT2D eigenvalue weighted by Gasteiger charge is 1.87. The molecule has 6 heteroatoms. The van der Waals surface area contributed by atoms with Gasteiger partial charge in [-0.3, -0.25) is 17.5 Å². The molecular formula is C8H26N6. The third-order valence-electron chi connectivity index (χ3n) is 1.71. The van der Waals surface area contributed by atoms with Crippen LogP contribution >= 0.6 is 0 Å². The van der Waals surface area contributed by atoms with Crippen LogP contribution in [0, 0.1) is 0 Å². The maximum Gasteiger partial charge on any atom is 0.0283 e. The average molecular weight is 206 g/mol. The summed E-state index contributed by atoms with van der Waals surface area (Å²) in [5.74, 6) is 15.2. The van der Waals surface area contributed by atoms with Crippen LogP contribution in [0.2, 0.25) is 0 Å². The Morgan fingerprint density at radius 1 is 1.14 bits per heavy atom. The molecule has 0 bridgehead atoms. The number of nitrogens with zero attached hydrogens (tertiary/aromatic N) is 2. The zero-order valence-corrected chi connectivity index (χ0v) is 9.66. The molecule has 0 rings (SSSR count). The smallest absolute Gasteiger partial charge is 0.0283 e. The molecule has 0 aliphatic rings. The highest BCUT2D eigenvalue weighted by Crippen LogP contribution is 1.91. The number of rotatable bonds is 6. The van der Waals surface area contributed by atoms with Gasteiger partial charge in [-0.25, -0.2) is 5.01 Å². The third-order valence-corrected chi connectivity index (χ3v) is 1.71. The molecule has 0 spiro atoms. The van der Waals surface area contributed by atoms with Crippen molar-refractivity contribution >= 4 is 0 Å². The van der Waals surface area contributed by atoms with Crippen LogP contribution in [0.3, 0.4) is 0 Å². The van der Waals surface area contributed by atoms with Gasteiger partial charge in [-0.05, 0) is 6.42 Å². The molecule has 88 valence electrons. The van der Waals surface area contributed by atoms with Crippen molar-refractivity contribution in [1.29, 1.82) is 0 Å². The van der Waals surface area contributed by atoms with Crippen molar-refractivity contribution < 1.29 is 0 Å². The third kappa shape index (κ3) is 17.7. The van der Waals surface area contributed by atoms with Gasteiger partial charge in [-0.15, -0.1) is 0 Å². The highest BCUT2D eigenvalue weighted by atomic mass is 15.6. The fourth-order valence-corrected chi connectivity index (χ4v) is 0.636. The van der Waals surface area contributed by atoms with Crippen molar-refractivity contribution in [2.45, 2.75) is 33.1 Å². The lowest BCUT2D eigenvalue weighted by molar-refractivity contribution is 0.252. The Morgan fingerprint density at radius 3 is 1.93 bits per heavy atom. The highest BCUT2D eigenvalue weighted by molar-refractivity contribution is 4.39. The van der Waals surface area contributed by atoms with Crippen LogP contribution in [0.1, 0.15) is 33.1 Å². The zero-order chi connectivity index (χ0) is 11.4. The van der Waals surface area contributed by atoms with Crippen molar-refractivity contribution in [3.8, 4) is 0 Å². The Labute approximate surface area is 87.3 Å². The van der Waals surface area contributed by atoms with Crippen molar-refractivity contribution in [3.05, 3.63) is 0 Å². The molecule has 0 heterocycles. The van der Waals surface area contributed by atoms with Crippen LogP contribution in [0.5, 0.6) is 0 Å². The van der Waals surface area contributed by atoms with E-state index in [1.54, 1.807) is 5.01 Å². The molecule has 0 aromatic heterocycles. The van der Waals surface area contributed by atoms with Gasteiger partial charge in [0.25, 0.3) is 0 Å². The molecule has 14 heavy (non-hydrogen) atoms. The minimum Gasteiger partial charge on any atom is -0.258 e. The standard InChI is InChI=1S/C5H15N3.C3H11N3/c1-2-3-4-5-8(6)7;1-3-6(2)5-4/h2-7H2,1H3;5H,3-4H2,1-2H3. The summed E-state index contributed by atoms with van der Waals surface area (Å²) in [6.45, 7) is 5.89. The topological polar surface area (TPSA) is 96.6 Å². The summed E-state index contributed by atoms with van der Waals surface area (Å²) >= 11 is 0. The molecule has 0 saturated heterocycles. The number of nitrogens with one attached hydrogen (secondary N) is 1. The molecule has 0 saturated carbocycles. The predicted molar refractivity (Wildman–Crippen MR) is 60.2 cm³/mol. The Morgan fingerprint density at radius 2 is 1.71 bits per heavy atom. The lowest BCUT2D eigenvalue weighted by Crippen LogP contribution is -2.39. The molecule has 0 fully saturated rings. The van der Waals surface area contributed by atoms with Crippen molar-refractivity contribution in [1.82, 2.24) is 15.7 Å². The summed E-state index contributed by atoms with van der Waals surface area (Å²) in [6, 6.07) is 0. The SMILES string of the molecule is CCCCCN(N)N.CCN(C)NN. The van der Waals surface area contributed by atoms with E-state index in [4.69, 9.17) is 17.5 Å². The second-order valence-corrected chi connectivity index (χ2v) is 3.09. The van der Waals surface area contributed by atoms with Gasteiger partial charge in [0.15, 0.2) is 0 Å². The van der Waals surface area contributed by atoms with Crippen molar-refractivity contribution in [2.75, 3.05) is 20.1 Å². The fraction of sp³-hybridized carbons (Fsp3) is 1.00. The second kappa shape index (κ2) is 12.8. The zero-order valence-electron chi connectivity index (χ0n) is 9.66. The molecule has 0 radical (unpaired) electrons. The van der Waals surface area contributed by atoms with E-state index in [2.05, 4.69) is 12.5 Å². The molecule has 0 atom stereocenters. The van der Waals surface area contributed by atoms with Gasteiger partial charge in [0, 0.05) is 20.1 Å². The Kier molecular flexibility index (Phi) is 14.8. The summed E-state index contributed by atoms with van der Waals surface area (Å²) in [5, 5.41) is 3.01. The van der Waals surface area contributed by atoms with E-state index < -0.39 is 0 Å². The molecule has 0 aromatic carbocycles. The molecule has 0 unspecified atom stereocenters. The van der Waals surface area contributed by atoms with Gasteiger partial charge < -0.3 is 0 Å². The molecule has 6 nitrogen and oxygen atoms in total. The summed E-state index contributed by atoms with van der Waals surface area (Å²) in [7, 11) is 1.88. The van der Waals surface area contributed by atoms with Crippen LogP contribution in [0.4, 0.5) is 0 Å². The summed E-state index contributed by atoms with van der Waals surface area (Å²) in [6.07, 6.45) is 3.53. The van der Waals surface area contributed by atoms with Crippen LogP contribution < -0.4 is 23.1 Å².